The Kier molecular flexibility index (Phi) is 4.85. The zero-order valence-corrected chi connectivity index (χ0v) is 11.7. The van der Waals surface area contributed by atoms with Crippen LogP contribution in [0, 0.1) is 11.6 Å². The van der Waals surface area contributed by atoms with Crippen molar-refractivity contribution in [3.05, 3.63) is 71.3 Å². The summed E-state index contributed by atoms with van der Waals surface area (Å²) in [5, 5.41) is 3.37. The van der Waals surface area contributed by atoms with Gasteiger partial charge in [-0.25, -0.2) is 8.78 Å². The van der Waals surface area contributed by atoms with Crippen molar-refractivity contribution in [3.63, 3.8) is 0 Å². The van der Waals surface area contributed by atoms with E-state index in [-0.39, 0.29) is 23.7 Å². The van der Waals surface area contributed by atoms with Crippen LogP contribution in [0.5, 0.6) is 0 Å². The lowest BCUT2D eigenvalue weighted by molar-refractivity contribution is 0.460. The number of rotatable bonds is 5. The molecule has 0 bridgehead atoms. The van der Waals surface area contributed by atoms with Gasteiger partial charge in [0.05, 0.1) is 0 Å². The average molecular weight is 275 g/mol. The number of benzene rings is 2. The molecule has 0 fully saturated rings. The molecule has 0 aliphatic rings. The smallest absolute Gasteiger partial charge is 0.127 e. The summed E-state index contributed by atoms with van der Waals surface area (Å²) in [4.78, 5) is 0. The van der Waals surface area contributed by atoms with E-state index in [4.69, 9.17) is 0 Å². The van der Waals surface area contributed by atoms with Crippen molar-refractivity contribution in [1.82, 2.24) is 5.32 Å². The molecule has 0 aromatic heterocycles. The second-order valence-corrected chi connectivity index (χ2v) is 5.14. The standard InChI is InChI=1S/C17H19F2N/c1-12(11-14-7-9-15(18)10-8-14)20-13(2)16-5-3-4-6-17(16)19/h3-10,12-13,20H,11H2,1-2H3/t12?,13-/m1/s1. The molecule has 2 atom stereocenters. The molecule has 1 N–H and O–H groups in total. The molecule has 0 saturated carbocycles. The summed E-state index contributed by atoms with van der Waals surface area (Å²) in [6, 6.07) is 13.4. The van der Waals surface area contributed by atoms with Gasteiger partial charge in [-0.05, 0) is 44.0 Å². The van der Waals surface area contributed by atoms with Crippen LogP contribution in [0.1, 0.15) is 31.0 Å². The molecule has 1 nitrogen and oxygen atoms in total. The van der Waals surface area contributed by atoms with E-state index in [0.29, 0.717) is 5.56 Å². The Morgan fingerprint density at radius 1 is 0.950 bits per heavy atom. The van der Waals surface area contributed by atoms with Gasteiger partial charge in [0.15, 0.2) is 0 Å². The maximum atomic E-state index is 13.7. The fraction of sp³-hybridized carbons (Fsp3) is 0.294. The van der Waals surface area contributed by atoms with Gasteiger partial charge < -0.3 is 5.32 Å². The van der Waals surface area contributed by atoms with Crippen molar-refractivity contribution >= 4 is 0 Å². The lowest BCUT2D eigenvalue weighted by Crippen LogP contribution is -2.31. The molecular formula is C17H19F2N. The molecule has 0 spiro atoms. The van der Waals surface area contributed by atoms with Crippen LogP contribution in [0.3, 0.4) is 0 Å². The van der Waals surface area contributed by atoms with Gasteiger partial charge in [-0.15, -0.1) is 0 Å². The van der Waals surface area contributed by atoms with E-state index < -0.39 is 0 Å². The first-order chi connectivity index (χ1) is 9.56. The van der Waals surface area contributed by atoms with Crippen LogP contribution in [-0.4, -0.2) is 6.04 Å². The van der Waals surface area contributed by atoms with Gasteiger partial charge in [-0.1, -0.05) is 30.3 Å². The number of hydrogen-bond donors (Lipinski definition) is 1. The molecule has 106 valence electrons. The third-order valence-corrected chi connectivity index (χ3v) is 3.36. The zero-order valence-electron chi connectivity index (χ0n) is 11.7. The van der Waals surface area contributed by atoms with Crippen LogP contribution < -0.4 is 5.32 Å². The Balaban J connectivity index is 1.96. The Morgan fingerprint density at radius 3 is 2.25 bits per heavy atom. The van der Waals surface area contributed by atoms with E-state index in [0.717, 1.165) is 12.0 Å². The number of halogens is 2. The lowest BCUT2D eigenvalue weighted by Gasteiger charge is -2.21. The van der Waals surface area contributed by atoms with E-state index >= 15 is 0 Å². The Bertz CT molecular complexity index is 551. The summed E-state index contributed by atoms with van der Waals surface area (Å²) in [6.07, 6.45) is 0.777. The third kappa shape index (κ3) is 3.87. The van der Waals surface area contributed by atoms with Crippen LogP contribution in [0.4, 0.5) is 8.78 Å². The number of nitrogens with one attached hydrogen (secondary N) is 1. The van der Waals surface area contributed by atoms with Gasteiger partial charge >= 0.3 is 0 Å². The molecule has 0 radical (unpaired) electrons. The normalized spacial score (nSPS) is 14.0. The van der Waals surface area contributed by atoms with Crippen LogP contribution >= 0.6 is 0 Å². The Morgan fingerprint density at radius 2 is 1.60 bits per heavy atom. The average Bonchev–Trinajstić information content (AvgIpc) is 2.41. The lowest BCUT2D eigenvalue weighted by atomic mass is 10.0. The van der Waals surface area contributed by atoms with E-state index in [9.17, 15) is 8.78 Å². The molecule has 0 aliphatic carbocycles. The highest BCUT2D eigenvalue weighted by Crippen LogP contribution is 2.17. The minimum Gasteiger partial charge on any atom is -0.307 e. The van der Waals surface area contributed by atoms with Gasteiger partial charge in [-0.2, -0.15) is 0 Å². The molecule has 0 aliphatic heterocycles. The summed E-state index contributed by atoms with van der Waals surface area (Å²) >= 11 is 0. The third-order valence-electron chi connectivity index (χ3n) is 3.36. The van der Waals surface area contributed by atoms with Gasteiger partial charge in [0.1, 0.15) is 11.6 Å². The van der Waals surface area contributed by atoms with Crippen molar-refractivity contribution in [2.24, 2.45) is 0 Å². The molecule has 0 amide bonds. The highest BCUT2D eigenvalue weighted by atomic mass is 19.1. The van der Waals surface area contributed by atoms with Crippen LogP contribution in [0.15, 0.2) is 48.5 Å². The molecule has 0 heterocycles. The van der Waals surface area contributed by atoms with E-state index in [2.05, 4.69) is 5.32 Å². The van der Waals surface area contributed by atoms with E-state index in [1.165, 1.54) is 18.2 Å². The summed E-state index contributed by atoms with van der Waals surface area (Å²) in [5.74, 6) is -0.421. The monoisotopic (exact) mass is 275 g/mol. The minimum atomic E-state index is -0.228. The van der Waals surface area contributed by atoms with Crippen LogP contribution in [-0.2, 0) is 6.42 Å². The molecule has 1 unspecified atom stereocenters. The number of hydrogen-bond acceptors (Lipinski definition) is 1. The fourth-order valence-electron chi connectivity index (χ4n) is 2.38. The molecule has 0 saturated heterocycles. The summed E-state index contributed by atoms with van der Waals surface area (Å²) in [7, 11) is 0. The summed E-state index contributed by atoms with van der Waals surface area (Å²) in [6.45, 7) is 3.99. The summed E-state index contributed by atoms with van der Waals surface area (Å²) < 4.78 is 26.5. The first-order valence-corrected chi connectivity index (χ1v) is 6.81. The quantitative estimate of drug-likeness (QED) is 0.860. The predicted octanol–water partition coefficient (Wildman–Crippen LogP) is 4.25. The predicted molar refractivity (Wildman–Crippen MR) is 77.5 cm³/mol. The minimum absolute atomic E-state index is 0.0633. The highest BCUT2D eigenvalue weighted by Gasteiger charge is 2.13. The largest absolute Gasteiger partial charge is 0.307 e. The maximum absolute atomic E-state index is 13.7. The van der Waals surface area contributed by atoms with Crippen LogP contribution in [0.25, 0.3) is 0 Å². The molecule has 3 heteroatoms. The zero-order chi connectivity index (χ0) is 14.5. The molecule has 2 rings (SSSR count). The Labute approximate surface area is 118 Å². The van der Waals surface area contributed by atoms with Crippen molar-refractivity contribution in [2.45, 2.75) is 32.4 Å². The van der Waals surface area contributed by atoms with Gasteiger partial charge in [0.2, 0.25) is 0 Å². The van der Waals surface area contributed by atoms with Crippen molar-refractivity contribution in [3.8, 4) is 0 Å². The van der Waals surface area contributed by atoms with Gasteiger partial charge in [-0.3, -0.25) is 0 Å². The molecule has 2 aromatic rings. The molecule has 20 heavy (non-hydrogen) atoms. The fourth-order valence-corrected chi connectivity index (χ4v) is 2.38. The van der Waals surface area contributed by atoms with E-state index in [1.54, 1.807) is 24.3 Å². The Hall–Kier alpha value is -1.74. The highest BCUT2D eigenvalue weighted by molar-refractivity contribution is 5.21. The van der Waals surface area contributed by atoms with Crippen LogP contribution in [0.2, 0.25) is 0 Å². The first kappa shape index (κ1) is 14.7. The first-order valence-electron chi connectivity index (χ1n) is 6.81. The van der Waals surface area contributed by atoms with Gasteiger partial charge in [0.25, 0.3) is 0 Å². The summed E-state index contributed by atoms with van der Waals surface area (Å²) in [5.41, 5.74) is 1.73. The van der Waals surface area contributed by atoms with Crippen molar-refractivity contribution < 1.29 is 8.78 Å². The van der Waals surface area contributed by atoms with Crippen molar-refractivity contribution in [1.29, 1.82) is 0 Å². The molecular weight excluding hydrogens is 256 g/mol. The van der Waals surface area contributed by atoms with Gasteiger partial charge in [0, 0.05) is 17.6 Å². The SMILES string of the molecule is CC(Cc1ccc(F)cc1)N[C@H](C)c1ccccc1F. The second kappa shape index (κ2) is 6.62. The topological polar surface area (TPSA) is 12.0 Å². The van der Waals surface area contributed by atoms with E-state index in [1.807, 2.05) is 19.9 Å². The molecule has 2 aromatic carbocycles. The second-order valence-electron chi connectivity index (χ2n) is 5.14. The maximum Gasteiger partial charge on any atom is 0.127 e. The van der Waals surface area contributed by atoms with Crippen molar-refractivity contribution in [2.75, 3.05) is 0 Å².